The van der Waals surface area contributed by atoms with E-state index in [9.17, 15) is 76.3 Å². The van der Waals surface area contributed by atoms with Crippen molar-refractivity contribution in [3.05, 3.63) is 114 Å². The number of hydrogen-bond donors (Lipinski definition) is 12. The maximum Gasteiger partial charge on any atom is 0.280 e. The molecule has 0 spiro atoms. The van der Waals surface area contributed by atoms with Crippen molar-refractivity contribution in [2.45, 2.75) is 323 Å². The first-order chi connectivity index (χ1) is 66.2. The molecular formula is C99H134F4N20O13S4. The Morgan fingerprint density at radius 3 is 1.08 bits per heavy atom. The van der Waals surface area contributed by atoms with Gasteiger partial charge >= 0.3 is 0 Å². The van der Waals surface area contributed by atoms with Crippen LogP contribution in [0.3, 0.4) is 0 Å². The van der Waals surface area contributed by atoms with Crippen LogP contribution in [0.15, 0.2) is 49.1 Å². The molecule has 12 N–H and O–H groups in total. The zero-order valence-corrected chi connectivity index (χ0v) is 86.2. The van der Waals surface area contributed by atoms with E-state index in [1.165, 1.54) is 48.4 Å². The molecule has 0 bridgehead atoms. The van der Waals surface area contributed by atoms with E-state index in [0.29, 0.717) is 98.4 Å². The molecular weight excluding hydrogens is 1880 g/mol. The molecule has 8 aromatic heterocycles. The number of aliphatic hydroxyl groups is 4. The standard InChI is InChI=1S/C26H33F2N5O3S.C26H35F2N5O3S.C24H33N5O4S.C23H33N5O3S/c1-13-9-20(30-15(3)16-7-8-16)29-11-17(13)22-21(25(36)33-12-26(27,28)10-14(33)2)32-24(37-22)23(35)31-18-5-4-6-19(18)34;1-13-9-19(30-15(3)17-7-8-17)29-11-18(13)21-20(24(35)33-12-26(27,28)10-14(33)2)32-23(37-21)22(34)31-16(4)25(5,6)36;1-5-14(3)26-19-9-13(2)16(10-25-19)21-20(24(32)29-8-6-7-15(29)4)28-23(34-21)22(31)27-17-11-33-12-18(17)30;1-6-14(3)25-18-10-13(2)17(11-24-18)20-19(23(31)28-9-7-8-16(28)5)27-22(32-20)21(30)26-15(4)12-29/h9,11,14-16,18-19,34H,4-8,10,12H2,1-3H3,(H,29,30)(H,31,35);9,11,14-17,36H,7-8,10,12H2,1-6H3,(H,29,30)(H,31,34);9-10,14-15,17-18,30H,5-8,11-12H2,1-4H3,(H,25,26)(H,27,31);10-11,14-16,29H,6-9,12H2,1-5H3,(H,24,25)(H,26,30)/t14-,15-,18+,19-;14-,15-,16-;14-,15-,17-,18-;14-,15+,16-/m0000/s1. The first kappa shape index (κ1) is 107. The molecule has 41 heteroatoms. The molecule has 0 aromatic carbocycles. The van der Waals surface area contributed by atoms with Gasteiger partial charge in [-0.2, -0.15) is 0 Å². The topological polar surface area (TPSA) is 439 Å². The van der Waals surface area contributed by atoms with Gasteiger partial charge in [0.15, 0.2) is 20.0 Å². The molecule has 14 atom stereocenters. The monoisotopic (exact) mass is 2010 g/mol. The summed E-state index contributed by atoms with van der Waals surface area (Å²) >= 11 is 4.42. The maximum atomic E-state index is 14.1. The highest BCUT2D eigenvalue weighted by Gasteiger charge is 2.49. The number of alkyl halides is 4. The molecule has 3 aliphatic carbocycles. The number of rotatable bonds is 30. The van der Waals surface area contributed by atoms with Gasteiger partial charge in [0.2, 0.25) is 0 Å². The van der Waals surface area contributed by atoms with E-state index in [2.05, 4.69) is 124 Å². The van der Waals surface area contributed by atoms with Gasteiger partial charge in [0.25, 0.3) is 59.1 Å². The number of aromatic nitrogens is 8. The number of aliphatic hydroxyl groups excluding tert-OH is 3. The maximum absolute atomic E-state index is 14.1. The van der Waals surface area contributed by atoms with E-state index >= 15 is 0 Å². The fourth-order valence-electron chi connectivity index (χ4n) is 17.7. The Morgan fingerprint density at radius 2 is 0.793 bits per heavy atom. The number of nitrogens with one attached hydrogen (secondary N) is 8. The molecule has 8 aromatic rings. The van der Waals surface area contributed by atoms with Crippen molar-refractivity contribution in [3.8, 4) is 41.8 Å². The second-order valence-corrected chi connectivity index (χ2v) is 43.6. The molecule has 0 radical (unpaired) electrons. The number of amides is 8. The Balaban J connectivity index is 0.000000157. The summed E-state index contributed by atoms with van der Waals surface area (Å²) in [6.07, 6.45) is 17.2. The van der Waals surface area contributed by atoms with Crippen molar-refractivity contribution >= 4 is 116 Å². The van der Waals surface area contributed by atoms with E-state index in [1.54, 1.807) is 66.3 Å². The van der Waals surface area contributed by atoms with Crippen molar-refractivity contribution in [2.75, 3.05) is 67.3 Å². The van der Waals surface area contributed by atoms with E-state index in [-0.39, 0.29) is 92.6 Å². The molecule has 8 fully saturated rings. The predicted molar refractivity (Wildman–Crippen MR) is 535 cm³/mol. The van der Waals surface area contributed by atoms with Gasteiger partial charge in [-0.05, 0) is 253 Å². The summed E-state index contributed by atoms with van der Waals surface area (Å²) in [7, 11) is 0. The molecule has 3 saturated carbocycles. The molecule has 5 saturated heterocycles. The minimum absolute atomic E-state index is 0.0111. The van der Waals surface area contributed by atoms with Crippen molar-refractivity contribution in [1.82, 2.24) is 80.7 Å². The zero-order chi connectivity index (χ0) is 102. The fourth-order valence-corrected chi connectivity index (χ4v) is 21.8. The smallest absolute Gasteiger partial charge is 0.280 e. The normalized spacial score (nSPS) is 22.1. The van der Waals surface area contributed by atoms with Gasteiger partial charge in [-0.3, -0.25) is 38.4 Å². The average molecular weight is 2020 g/mol. The number of carbonyl (C=O) groups excluding carboxylic acids is 8. The van der Waals surface area contributed by atoms with Gasteiger partial charge in [0.05, 0.1) is 88.4 Å². The highest BCUT2D eigenvalue weighted by molar-refractivity contribution is 7.18. The second-order valence-electron chi connectivity index (χ2n) is 39.6. The number of halogens is 4. The number of thiazole rings is 4. The van der Waals surface area contributed by atoms with Gasteiger partial charge in [0.1, 0.15) is 46.0 Å². The summed E-state index contributed by atoms with van der Waals surface area (Å²) in [5, 5.41) is 64.6. The second kappa shape index (κ2) is 45.5. The van der Waals surface area contributed by atoms with Gasteiger partial charge < -0.3 is 87.3 Å². The molecule has 13 heterocycles. The first-order valence-electron chi connectivity index (χ1n) is 48.7. The third-order valence-corrected chi connectivity index (χ3v) is 31.7. The van der Waals surface area contributed by atoms with E-state index < -0.39 is 121 Å². The Kier molecular flexibility index (Phi) is 34.7. The van der Waals surface area contributed by atoms with Crippen LogP contribution in [-0.4, -0.2) is 275 Å². The van der Waals surface area contributed by atoms with E-state index in [4.69, 9.17) is 4.74 Å². The summed E-state index contributed by atoms with van der Waals surface area (Å²) in [6, 6.07) is 5.97. The average Bonchev–Trinajstić information content (AvgIpc) is 1.61. The van der Waals surface area contributed by atoms with Crippen molar-refractivity contribution < 1.29 is 81.1 Å². The molecule has 0 unspecified atom stereocenters. The highest BCUT2D eigenvalue weighted by atomic mass is 32.1. The van der Waals surface area contributed by atoms with Gasteiger partial charge in [-0.25, -0.2) is 57.4 Å². The minimum Gasteiger partial charge on any atom is -0.394 e. The van der Waals surface area contributed by atoms with E-state index in [1.807, 2.05) is 75.6 Å². The number of pyridine rings is 4. The van der Waals surface area contributed by atoms with Crippen LogP contribution >= 0.6 is 45.3 Å². The van der Waals surface area contributed by atoms with Gasteiger partial charge in [0, 0.05) is 127 Å². The molecule has 5 aliphatic heterocycles. The van der Waals surface area contributed by atoms with Crippen molar-refractivity contribution in [1.29, 1.82) is 0 Å². The number of ether oxygens (including phenoxy) is 1. The Bertz CT molecular complexity index is 5640. The SMILES string of the molecule is CC[C@H](C)Nc1cc(C)c(-c2sc(C(=O)N[C@H](C)CO)nc2C(=O)N2CCC[C@@H]2C)cn1.CC[C@H](C)Nc1cc(C)c(-c2sc(C(=O)N[C@H]3COC[C@@H]3O)nc2C(=O)N2CCC[C@@H]2C)cn1.Cc1cc(N[C@@H](C)C2CC2)ncc1-c1sc(C(=O)N[C@@H](C)C(C)(C)O)nc1C(=O)N1CC(F)(F)C[C@@H]1C.Cc1cc(N[C@@H](C)C2CC2)ncc1-c1sc(C(=O)N[C@@H]2CCC[C@@H]2O)nc1C(=O)N1CC(F)(F)C[C@@H]1C. The zero-order valence-electron chi connectivity index (χ0n) is 82.9. The number of nitrogens with zero attached hydrogens (tertiary/aromatic N) is 12. The lowest BCUT2D eigenvalue weighted by Crippen LogP contribution is -2.47. The number of aryl methyl sites for hydroxylation is 4. The Morgan fingerprint density at radius 1 is 0.450 bits per heavy atom. The first-order valence-corrected chi connectivity index (χ1v) is 52.0. The molecule has 760 valence electrons. The molecule has 140 heavy (non-hydrogen) atoms. The van der Waals surface area contributed by atoms with Crippen LogP contribution in [0.25, 0.3) is 41.8 Å². The lowest BCUT2D eigenvalue weighted by Gasteiger charge is -2.26. The van der Waals surface area contributed by atoms with Crippen LogP contribution in [0, 0.1) is 39.5 Å². The third kappa shape index (κ3) is 26.2. The molecule has 8 aliphatic rings. The number of likely N-dealkylation sites (tertiary alicyclic amines) is 4. The highest BCUT2D eigenvalue weighted by Crippen LogP contribution is 2.45. The Hall–Kier alpha value is -10.4. The number of anilines is 4. The van der Waals surface area contributed by atoms with Crippen molar-refractivity contribution in [3.63, 3.8) is 0 Å². The number of hydrogen-bond acceptors (Lipinski definition) is 29. The summed E-state index contributed by atoms with van der Waals surface area (Å²) in [6.45, 7) is 34.4. The van der Waals surface area contributed by atoms with Crippen LogP contribution in [-0.2, 0) is 4.74 Å². The van der Waals surface area contributed by atoms with Crippen LogP contribution < -0.4 is 42.5 Å². The van der Waals surface area contributed by atoms with Gasteiger partial charge in [-0.1, -0.05) is 13.8 Å². The lowest BCUT2D eigenvalue weighted by molar-refractivity contribution is 0.0115. The fraction of sp³-hybridized carbons (Fsp3) is 0.596. The Labute approximate surface area is 830 Å². The third-order valence-electron chi connectivity index (χ3n) is 27.4. The van der Waals surface area contributed by atoms with Crippen LogP contribution in [0.5, 0.6) is 0 Å². The largest absolute Gasteiger partial charge is 0.394 e. The van der Waals surface area contributed by atoms with Gasteiger partial charge in [-0.15, -0.1) is 45.3 Å². The summed E-state index contributed by atoms with van der Waals surface area (Å²) in [5.41, 5.74) is 5.68. The van der Waals surface area contributed by atoms with Crippen LogP contribution in [0.4, 0.5) is 40.8 Å². The number of carbonyl (C=O) groups is 8. The molecule has 8 amide bonds. The quantitative estimate of drug-likeness (QED) is 0.0186. The molecule has 16 rings (SSSR count). The summed E-state index contributed by atoms with van der Waals surface area (Å²) in [5.74, 6) is -5.12. The van der Waals surface area contributed by atoms with Crippen LogP contribution in [0.1, 0.15) is 297 Å². The summed E-state index contributed by atoms with van der Waals surface area (Å²) in [4.78, 5) is 149. The summed E-state index contributed by atoms with van der Waals surface area (Å²) < 4.78 is 61.6. The lowest BCUT2D eigenvalue weighted by atomic mass is 10.0. The van der Waals surface area contributed by atoms with E-state index in [0.717, 1.165) is 128 Å². The minimum atomic E-state index is -2.98. The van der Waals surface area contributed by atoms with Crippen LogP contribution in [0.2, 0.25) is 0 Å². The predicted octanol–water partition coefficient (Wildman–Crippen LogP) is 15.0. The van der Waals surface area contributed by atoms with Crippen molar-refractivity contribution in [2.24, 2.45) is 11.8 Å². The molecule has 33 nitrogen and oxygen atoms in total.